The van der Waals surface area contributed by atoms with Crippen molar-refractivity contribution in [1.29, 1.82) is 0 Å². The summed E-state index contributed by atoms with van der Waals surface area (Å²) in [6.45, 7) is 1.89. The van der Waals surface area contributed by atoms with Gasteiger partial charge in [-0.3, -0.25) is 0 Å². The van der Waals surface area contributed by atoms with Crippen LogP contribution in [0.5, 0.6) is 11.5 Å². The summed E-state index contributed by atoms with van der Waals surface area (Å²) in [5.74, 6) is 0.846. The van der Waals surface area contributed by atoms with Gasteiger partial charge in [-0.05, 0) is 42.8 Å². The number of ether oxygens (including phenoxy) is 1. The molecule has 16 heavy (non-hydrogen) atoms. The highest BCUT2D eigenvalue weighted by molar-refractivity contribution is 5.48. The zero-order valence-electron chi connectivity index (χ0n) is 8.91. The molecule has 2 aromatic carbocycles. The highest BCUT2D eigenvalue weighted by Crippen LogP contribution is 2.26. The quantitative estimate of drug-likeness (QED) is 0.781. The first kappa shape index (κ1) is 10.5. The molecule has 0 spiro atoms. The van der Waals surface area contributed by atoms with E-state index in [1.165, 1.54) is 12.1 Å². The molecule has 0 fully saturated rings. The molecule has 0 aliphatic heterocycles. The van der Waals surface area contributed by atoms with E-state index < -0.39 is 0 Å². The summed E-state index contributed by atoms with van der Waals surface area (Å²) in [6, 6.07) is 11.4. The highest BCUT2D eigenvalue weighted by atomic mass is 19.1. The Morgan fingerprint density at radius 2 is 1.94 bits per heavy atom. The lowest BCUT2D eigenvalue weighted by atomic mass is 10.2. The summed E-state index contributed by atoms with van der Waals surface area (Å²) in [6.07, 6.45) is 0. The first-order valence-electron chi connectivity index (χ1n) is 4.95. The Kier molecular flexibility index (Phi) is 2.77. The van der Waals surface area contributed by atoms with Crippen LogP contribution in [0.25, 0.3) is 0 Å². The molecule has 2 aromatic rings. The number of hydrogen-bond acceptors (Lipinski definition) is 2. The Morgan fingerprint density at radius 1 is 1.12 bits per heavy atom. The number of halogens is 1. The molecule has 0 aliphatic carbocycles. The number of nitrogen functional groups attached to an aromatic ring is 1. The van der Waals surface area contributed by atoms with Crippen LogP contribution in [0.2, 0.25) is 0 Å². The largest absolute Gasteiger partial charge is 0.457 e. The van der Waals surface area contributed by atoms with Gasteiger partial charge in [0.05, 0.1) is 0 Å². The van der Waals surface area contributed by atoms with Gasteiger partial charge in [-0.1, -0.05) is 6.07 Å². The molecule has 0 saturated carbocycles. The SMILES string of the molecule is Cc1cc(N)ccc1Oc1cccc(F)c1. The van der Waals surface area contributed by atoms with Crippen LogP contribution in [0.1, 0.15) is 5.56 Å². The first-order valence-corrected chi connectivity index (χ1v) is 4.95. The molecule has 2 nitrogen and oxygen atoms in total. The number of rotatable bonds is 2. The van der Waals surface area contributed by atoms with Crippen molar-refractivity contribution in [3.05, 3.63) is 53.8 Å². The molecule has 0 saturated heterocycles. The van der Waals surface area contributed by atoms with Crippen LogP contribution in [0.15, 0.2) is 42.5 Å². The third-order valence-corrected chi connectivity index (χ3v) is 2.22. The van der Waals surface area contributed by atoms with Gasteiger partial charge in [-0.25, -0.2) is 4.39 Å². The molecule has 0 unspecified atom stereocenters. The maximum absolute atomic E-state index is 12.9. The maximum Gasteiger partial charge on any atom is 0.130 e. The van der Waals surface area contributed by atoms with Gasteiger partial charge in [0, 0.05) is 11.8 Å². The topological polar surface area (TPSA) is 35.2 Å². The summed E-state index contributed by atoms with van der Waals surface area (Å²) >= 11 is 0. The van der Waals surface area contributed by atoms with E-state index in [-0.39, 0.29) is 5.82 Å². The van der Waals surface area contributed by atoms with E-state index >= 15 is 0 Å². The van der Waals surface area contributed by atoms with Gasteiger partial charge in [0.1, 0.15) is 17.3 Å². The molecule has 2 N–H and O–H groups in total. The predicted molar refractivity (Wildman–Crippen MR) is 62.1 cm³/mol. The van der Waals surface area contributed by atoms with E-state index in [1.807, 2.05) is 13.0 Å². The smallest absolute Gasteiger partial charge is 0.130 e. The van der Waals surface area contributed by atoms with Crippen molar-refractivity contribution in [2.24, 2.45) is 0 Å². The van der Waals surface area contributed by atoms with Gasteiger partial charge in [-0.15, -0.1) is 0 Å². The zero-order chi connectivity index (χ0) is 11.5. The molecular formula is C13H12FNO. The van der Waals surface area contributed by atoms with Gasteiger partial charge in [0.15, 0.2) is 0 Å². The van der Waals surface area contributed by atoms with E-state index in [0.29, 0.717) is 17.2 Å². The minimum absolute atomic E-state index is 0.314. The van der Waals surface area contributed by atoms with Crippen molar-refractivity contribution in [1.82, 2.24) is 0 Å². The van der Waals surface area contributed by atoms with Gasteiger partial charge < -0.3 is 10.5 Å². The average molecular weight is 217 g/mol. The minimum Gasteiger partial charge on any atom is -0.457 e. The van der Waals surface area contributed by atoms with E-state index in [2.05, 4.69) is 0 Å². The molecule has 0 radical (unpaired) electrons. The van der Waals surface area contributed by atoms with E-state index in [0.717, 1.165) is 5.56 Å². The Morgan fingerprint density at radius 3 is 2.62 bits per heavy atom. The summed E-state index contributed by atoms with van der Waals surface area (Å²) in [4.78, 5) is 0. The molecule has 0 bridgehead atoms. The monoisotopic (exact) mass is 217 g/mol. The van der Waals surface area contributed by atoms with E-state index in [4.69, 9.17) is 10.5 Å². The number of aryl methyl sites for hydroxylation is 1. The minimum atomic E-state index is -0.314. The molecule has 0 aromatic heterocycles. The molecular weight excluding hydrogens is 205 g/mol. The number of nitrogens with two attached hydrogens (primary N) is 1. The van der Waals surface area contributed by atoms with Crippen LogP contribution in [-0.4, -0.2) is 0 Å². The molecule has 0 amide bonds. The zero-order valence-corrected chi connectivity index (χ0v) is 8.91. The van der Waals surface area contributed by atoms with Gasteiger partial charge in [0.2, 0.25) is 0 Å². The summed E-state index contributed by atoms with van der Waals surface area (Å²) in [5, 5.41) is 0. The van der Waals surface area contributed by atoms with Crippen molar-refractivity contribution in [2.45, 2.75) is 6.92 Å². The third kappa shape index (κ3) is 2.31. The van der Waals surface area contributed by atoms with Crippen LogP contribution in [0.4, 0.5) is 10.1 Å². The van der Waals surface area contributed by atoms with Crippen molar-refractivity contribution >= 4 is 5.69 Å². The molecule has 0 heterocycles. The standard InChI is InChI=1S/C13H12FNO/c1-9-7-11(15)5-6-13(9)16-12-4-2-3-10(14)8-12/h2-8H,15H2,1H3. The van der Waals surface area contributed by atoms with E-state index in [9.17, 15) is 4.39 Å². The van der Waals surface area contributed by atoms with Gasteiger partial charge in [0.25, 0.3) is 0 Å². The first-order chi connectivity index (χ1) is 7.65. The number of hydrogen-bond donors (Lipinski definition) is 1. The lowest BCUT2D eigenvalue weighted by Gasteiger charge is -2.09. The third-order valence-electron chi connectivity index (χ3n) is 2.22. The maximum atomic E-state index is 12.9. The Labute approximate surface area is 93.5 Å². The molecule has 3 heteroatoms. The fourth-order valence-corrected chi connectivity index (χ4v) is 1.44. The number of anilines is 1. The summed E-state index contributed by atoms with van der Waals surface area (Å²) in [7, 11) is 0. The number of benzene rings is 2. The van der Waals surface area contributed by atoms with Gasteiger partial charge in [-0.2, -0.15) is 0 Å². The average Bonchev–Trinajstić information content (AvgIpc) is 2.22. The van der Waals surface area contributed by atoms with Crippen molar-refractivity contribution in [2.75, 3.05) is 5.73 Å². The van der Waals surface area contributed by atoms with Crippen LogP contribution in [0.3, 0.4) is 0 Å². The second-order valence-corrected chi connectivity index (χ2v) is 3.58. The van der Waals surface area contributed by atoms with E-state index in [1.54, 1.807) is 24.3 Å². The van der Waals surface area contributed by atoms with Crippen molar-refractivity contribution < 1.29 is 9.13 Å². The van der Waals surface area contributed by atoms with Crippen LogP contribution in [0, 0.1) is 12.7 Å². The Balaban J connectivity index is 2.27. The second kappa shape index (κ2) is 4.23. The molecule has 0 aliphatic rings. The Bertz CT molecular complexity index is 511. The molecule has 82 valence electrons. The van der Waals surface area contributed by atoms with Gasteiger partial charge >= 0.3 is 0 Å². The fraction of sp³-hybridized carbons (Fsp3) is 0.0769. The lowest BCUT2D eigenvalue weighted by Crippen LogP contribution is -1.90. The second-order valence-electron chi connectivity index (χ2n) is 3.58. The lowest BCUT2D eigenvalue weighted by molar-refractivity contribution is 0.473. The molecule has 0 atom stereocenters. The normalized spacial score (nSPS) is 10.1. The Hall–Kier alpha value is -2.03. The van der Waals surface area contributed by atoms with Crippen molar-refractivity contribution in [3.8, 4) is 11.5 Å². The van der Waals surface area contributed by atoms with Crippen LogP contribution >= 0.6 is 0 Å². The van der Waals surface area contributed by atoms with Crippen LogP contribution < -0.4 is 10.5 Å². The highest BCUT2D eigenvalue weighted by Gasteiger charge is 2.02. The predicted octanol–water partition coefficient (Wildman–Crippen LogP) is 3.51. The molecule has 2 rings (SSSR count). The summed E-state index contributed by atoms with van der Waals surface area (Å²) < 4.78 is 18.5. The van der Waals surface area contributed by atoms with Crippen molar-refractivity contribution in [3.63, 3.8) is 0 Å². The fourth-order valence-electron chi connectivity index (χ4n) is 1.44. The van der Waals surface area contributed by atoms with Crippen LogP contribution in [-0.2, 0) is 0 Å². The summed E-state index contributed by atoms with van der Waals surface area (Å²) in [5.41, 5.74) is 7.23.